The molecule has 3 aromatic rings. The van der Waals surface area contributed by atoms with E-state index >= 15 is 0 Å². The van der Waals surface area contributed by atoms with Crippen LogP contribution in [0.5, 0.6) is 0 Å². The number of benzene rings is 1. The van der Waals surface area contributed by atoms with Gasteiger partial charge in [0.05, 0.1) is 5.56 Å². The van der Waals surface area contributed by atoms with E-state index in [9.17, 15) is 17.6 Å². The van der Waals surface area contributed by atoms with Crippen molar-refractivity contribution in [2.75, 3.05) is 5.32 Å². The molecule has 0 unspecified atom stereocenters. The summed E-state index contributed by atoms with van der Waals surface area (Å²) in [6, 6.07) is 3.51. The number of aromatic nitrogens is 4. The van der Waals surface area contributed by atoms with Crippen molar-refractivity contribution in [3.63, 3.8) is 0 Å². The van der Waals surface area contributed by atoms with Crippen LogP contribution in [0.15, 0.2) is 35.1 Å². The van der Waals surface area contributed by atoms with Crippen LogP contribution in [0.1, 0.15) is 11.5 Å². The van der Waals surface area contributed by atoms with Crippen molar-refractivity contribution < 1.29 is 22.1 Å². The summed E-state index contributed by atoms with van der Waals surface area (Å²) in [5.41, 5.74) is 0.0286. The number of hydrogen-bond acceptors (Lipinski definition) is 6. The largest absolute Gasteiger partial charge is 0.400 e. The summed E-state index contributed by atoms with van der Waals surface area (Å²) in [6.45, 7) is -0.178. The average molecular weight is 374 g/mol. The highest BCUT2D eigenvalue weighted by atomic mass is 35.5. The van der Waals surface area contributed by atoms with Gasteiger partial charge in [0, 0.05) is 24.5 Å². The zero-order valence-electron chi connectivity index (χ0n) is 12.2. The van der Waals surface area contributed by atoms with Crippen molar-refractivity contribution >= 4 is 17.5 Å². The molecule has 0 saturated carbocycles. The van der Waals surface area contributed by atoms with Gasteiger partial charge >= 0.3 is 11.3 Å². The lowest BCUT2D eigenvalue weighted by molar-refractivity contribution is 0.0551. The molecular weight excluding hydrogens is 366 g/mol. The van der Waals surface area contributed by atoms with Gasteiger partial charge in [0.1, 0.15) is 11.6 Å². The van der Waals surface area contributed by atoms with Gasteiger partial charge in [-0.05, 0) is 23.7 Å². The SMILES string of the molecule is Fc1cccc(F)c1CNc1ncc(-c2noc(C(F)(F)Cl)n2)cn1. The van der Waals surface area contributed by atoms with Crippen molar-refractivity contribution in [3.05, 3.63) is 53.7 Å². The third kappa shape index (κ3) is 3.85. The van der Waals surface area contributed by atoms with Gasteiger partial charge in [0.25, 0.3) is 0 Å². The smallest absolute Gasteiger partial charge is 0.350 e. The minimum absolute atomic E-state index is 0.0674. The van der Waals surface area contributed by atoms with E-state index in [0.717, 1.165) is 12.1 Å². The monoisotopic (exact) mass is 373 g/mol. The lowest BCUT2D eigenvalue weighted by atomic mass is 10.2. The average Bonchev–Trinajstić information content (AvgIpc) is 3.05. The number of nitrogens with zero attached hydrogens (tertiary/aromatic N) is 4. The maximum atomic E-state index is 13.5. The molecule has 2 heterocycles. The van der Waals surface area contributed by atoms with E-state index in [-0.39, 0.29) is 29.4 Å². The summed E-state index contributed by atoms with van der Waals surface area (Å²) in [7, 11) is 0. The summed E-state index contributed by atoms with van der Waals surface area (Å²) in [5, 5.41) is 2.21. The first-order valence-corrected chi connectivity index (χ1v) is 7.12. The van der Waals surface area contributed by atoms with E-state index in [4.69, 9.17) is 11.6 Å². The van der Waals surface area contributed by atoms with Crippen LogP contribution in [-0.2, 0) is 11.9 Å². The Morgan fingerprint density at radius 2 is 1.76 bits per heavy atom. The minimum Gasteiger partial charge on any atom is -0.350 e. The number of rotatable bonds is 5. The Kier molecular flexibility index (Phi) is 4.53. The van der Waals surface area contributed by atoms with E-state index in [1.54, 1.807) is 0 Å². The van der Waals surface area contributed by atoms with Gasteiger partial charge in [0.15, 0.2) is 0 Å². The quantitative estimate of drug-likeness (QED) is 0.543. The van der Waals surface area contributed by atoms with Crippen LogP contribution in [-0.4, -0.2) is 20.1 Å². The summed E-state index contributed by atoms with van der Waals surface area (Å²) < 4.78 is 57.1. The van der Waals surface area contributed by atoms with Crippen LogP contribution in [0.3, 0.4) is 0 Å². The Morgan fingerprint density at radius 1 is 1.12 bits per heavy atom. The third-order valence-electron chi connectivity index (χ3n) is 3.06. The lowest BCUT2D eigenvalue weighted by Crippen LogP contribution is -2.07. The number of halogens is 5. The Morgan fingerprint density at radius 3 is 2.32 bits per heavy atom. The molecule has 0 radical (unpaired) electrons. The standard InChI is InChI=1S/C14H8ClF4N5O/c15-14(18,19)12-23-11(24-25-12)7-4-20-13(21-5-7)22-6-8-9(16)2-1-3-10(8)17/h1-5H,6H2,(H,20,21,22). The van der Waals surface area contributed by atoms with Crippen LogP contribution >= 0.6 is 11.6 Å². The number of anilines is 1. The van der Waals surface area contributed by atoms with Crippen molar-refractivity contribution in [1.29, 1.82) is 0 Å². The third-order valence-corrected chi connectivity index (χ3v) is 3.23. The fourth-order valence-corrected chi connectivity index (χ4v) is 1.94. The van der Waals surface area contributed by atoms with Crippen LogP contribution in [0, 0.1) is 11.6 Å². The maximum absolute atomic E-state index is 13.5. The number of nitrogens with one attached hydrogen (secondary N) is 1. The molecule has 11 heteroatoms. The maximum Gasteiger partial charge on any atom is 0.400 e. The fourth-order valence-electron chi connectivity index (χ4n) is 1.86. The van der Waals surface area contributed by atoms with Crippen LogP contribution in [0.4, 0.5) is 23.5 Å². The zero-order valence-corrected chi connectivity index (χ0v) is 12.9. The number of hydrogen-bond donors (Lipinski definition) is 1. The van der Waals surface area contributed by atoms with Gasteiger partial charge in [-0.25, -0.2) is 18.7 Å². The van der Waals surface area contributed by atoms with Crippen molar-refractivity contribution in [2.45, 2.75) is 11.9 Å². The molecular formula is C14H8ClF4N5O. The van der Waals surface area contributed by atoms with Crippen LogP contribution in [0.2, 0.25) is 0 Å². The van der Waals surface area contributed by atoms with Crippen molar-refractivity contribution in [1.82, 2.24) is 20.1 Å². The molecule has 2 aromatic heterocycles. The molecule has 3 rings (SSSR count). The predicted molar refractivity (Wildman–Crippen MR) is 78.8 cm³/mol. The Hall–Kier alpha value is -2.75. The van der Waals surface area contributed by atoms with E-state index in [2.05, 4.69) is 29.9 Å². The van der Waals surface area contributed by atoms with Crippen LogP contribution < -0.4 is 5.32 Å². The summed E-state index contributed by atoms with van der Waals surface area (Å²) in [6.07, 6.45) is 2.46. The van der Waals surface area contributed by atoms with Gasteiger partial charge in [0.2, 0.25) is 11.8 Å². The molecule has 0 aliphatic heterocycles. The molecule has 0 spiro atoms. The molecule has 0 amide bonds. The van der Waals surface area contributed by atoms with E-state index < -0.39 is 22.9 Å². The molecule has 1 N–H and O–H groups in total. The second-order valence-electron chi connectivity index (χ2n) is 4.77. The highest BCUT2D eigenvalue weighted by molar-refractivity contribution is 6.21. The van der Waals surface area contributed by atoms with Gasteiger partial charge in [-0.2, -0.15) is 13.8 Å². The molecule has 0 bridgehead atoms. The van der Waals surface area contributed by atoms with E-state index in [1.165, 1.54) is 18.5 Å². The second-order valence-corrected chi connectivity index (χ2v) is 5.24. The molecule has 130 valence electrons. The Labute approximate surface area is 142 Å². The van der Waals surface area contributed by atoms with E-state index in [1.807, 2.05) is 0 Å². The number of alkyl halides is 3. The van der Waals surface area contributed by atoms with Crippen molar-refractivity contribution in [3.8, 4) is 11.4 Å². The first-order valence-electron chi connectivity index (χ1n) is 6.74. The molecule has 25 heavy (non-hydrogen) atoms. The van der Waals surface area contributed by atoms with Crippen LogP contribution in [0.25, 0.3) is 11.4 Å². The van der Waals surface area contributed by atoms with Gasteiger partial charge in [-0.1, -0.05) is 11.2 Å². The first kappa shape index (κ1) is 17.1. The second kappa shape index (κ2) is 6.63. The normalized spacial score (nSPS) is 11.6. The zero-order chi connectivity index (χ0) is 18.0. The molecule has 0 atom stereocenters. The molecule has 0 aliphatic carbocycles. The van der Waals surface area contributed by atoms with Gasteiger partial charge in [-0.15, -0.1) is 0 Å². The van der Waals surface area contributed by atoms with Gasteiger partial charge in [-0.3, -0.25) is 0 Å². The molecule has 1 aromatic carbocycles. The highest BCUT2D eigenvalue weighted by Gasteiger charge is 2.35. The summed E-state index contributed by atoms with van der Waals surface area (Å²) in [4.78, 5) is 11.2. The van der Waals surface area contributed by atoms with Crippen molar-refractivity contribution in [2.24, 2.45) is 0 Å². The predicted octanol–water partition coefficient (Wildman–Crippen LogP) is 3.71. The highest BCUT2D eigenvalue weighted by Crippen LogP contribution is 2.31. The fraction of sp³-hybridized carbons (Fsp3) is 0.143. The topological polar surface area (TPSA) is 76.7 Å². The lowest BCUT2D eigenvalue weighted by Gasteiger charge is -2.07. The molecule has 0 aliphatic rings. The Bertz CT molecular complexity index is 861. The Balaban J connectivity index is 1.71. The summed E-state index contributed by atoms with van der Waals surface area (Å²) >= 11 is 4.78. The molecule has 6 nitrogen and oxygen atoms in total. The first-order chi connectivity index (χ1) is 11.8. The van der Waals surface area contributed by atoms with Gasteiger partial charge < -0.3 is 9.84 Å². The van der Waals surface area contributed by atoms with E-state index in [0.29, 0.717) is 0 Å². The molecule has 0 fully saturated rings. The molecule has 0 saturated heterocycles. The summed E-state index contributed by atoms with van der Waals surface area (Å²) in [5.74, 6) is -2.57. The minimum atomic E-state index is -3.78.